The minimum atomic E-state index is -0.145. The highest BCUT2D eigenvalue weighted by Crippen LogP contribution is 2.50. The molecule has 0 fully saturated rings. The average Bonchev–Trinajstić information content (AvgIpc) is 3.98. The van der Waals surface area contributed by atoms with Crippen molar-refractivity contribution >= 4 is 122 Å². The van der Waals surface area contributed by atoms with Crippen molar-refractivity contribution in [3.8, 4) is 5.69 Å². The van der Waals surface area contributed by atoms with Crippen LogP contribution in [-0.2, 0) is 10.8 Å². The third-order valence-electron chi connectivity index (χ3n) is 14.5. The third-order valence-corrected chi connectivity index (χ3v) is 15.7. The van der Waals surface area contributed by atoms with Crippen LogP contribution in [0.1, 0.15) is 63.8 Å². The van der Waals surface area contributed by atoms with Crippen molar-refractivity contribution in [3.05, 3.63) is 180 Å². The number of nitrogens with zero attached hydrogens (tertiary/aromatic N) is 3. The molecule has 0 spiro atoms. The van der Waals surface area contributed by atoms with Crippen molar-refractivity contribution in [2.75, 3.05) is 9.80 Å². The van der Waals surface area contributed by atoms with Gasteiger partial charge in [0.05, 0.1) is 26.8 Å². The van der Waals surface area contributed by atoms with E-state index in [1.165, 1.54) is 86.9 Å². The van der Waals surface area contributed by atoms with Gasteiger partial charge in [0.2, 0.25) is 0 Å². The first-order chi connectivity index (χ1) is 31.8. The van der Waals surface area contributed by atoms with E-state index in [-0.39, 0.29) is 17.5 Å². The molecule has 5 heterocycles. The highest BCUT2D eigenvalue weighted by Gasteiger charge is 2.44. The van der Waals surface area contributed by atoms with E-state index in [2.05, 4.69) is 227 Å². The number of hydrogen-bond acceptors (Lipinski definition) is 4. The first kappa shape index (κ1) is 39.4. The second-order valence-corrected chi connectivity index (χ2v) is 21.7. The maximum Gasteiger partial charge on any atom is 0.252 e. The van der Waals surface area contributed by atoms with E-state index in [4.69, 9.17) is 4.42 Å². The van der Waals surface area contributed by atoms with Gasteiger partial charge >= 0.3 is 0 Å². The van der Waals surface area contributed by atoms with Crippen LogP contribution in [0.25, 0.3) is 58.8 Å². The number of aromatic nitrogens is 1. The van der Waals surface area contributed by atoms with E-state index in [0.717, 1.165) is 44.7 Å². The van der Waals surface area contributed by atoms with Crippen molar-refractivity contribution in [2.24, 2.45) is 0 Å². The zero-order valence-electron chi connectivity index (χ0n) is 38.7. The SMILES string of the molecule is Cc1ccccc1N(c1ccc2c(c1)N(c1cccc3oc4ccccc4c13)c1cc(C(C)(C)C)cc3c1B2c1cc(C(C)(C)C)cc2c4sc5ccccc5c4n-3c12)c1ccccc1C. The summed E-state index contributed by atoms with van der Waals surface area (Å²) in [7, 11) is 0. The van der Waals surface area contributed by atoms with Crippen LogP contribution in [0.15, 0.2) is 162 Å². The molecule has 0 atom stereocenters. The summed E-state index contributed by atoms with van der Waals surface area (Å²) in [6, 6.07) is 59.1. The van der Waals surface area contributed by atoms with Gasteiger partial charge in [-0.2, -0.15) is 0 Å². The van der Waals surface area contributed by atoms with Crippen molar-refractivity contribution in [1.29, 1.82) is 0 Å². The summed E-state index contributed by atoms with van der Waals surface area (Å²) >= 11 is 1.94. The van der Waals surface area contributed by atoms with Crippen LogP contribution in [-0.4, -0.2) is 11.3 Å². The van der Waals surface area contributed by atoms with E-state index < -0.39 is 0 Å². The zero-order chi connectivity index (χ0) is 45.0. The number of anilines is 6. The quantitative estimate of drug-likeness (QED) is 0.165. The van der Waals surface area contributed by atoms with Crippen LogP contribution in [0.3, 0.4) is 0 Å². The Hall–Kier alpha value is -7.02. The van der Waals surface area contributed by atoms with Crippen molar-refractivity contribution < 1.29 is 4.42 Å². The lowest BCUT2D eigenvalue weighted by Crippen LogP contribution is -2.60. The molecule has 0 bridgehead atoms. The number of thiophene rings is 1. The lowest BCUT2D eigenvalue weighted by Gasteiger charge is -2.42. The number of rotatable bonds is 4. The molecule has 2 aliphatic rings. The molecular weight excluding hydrogens is 822 g/mol. The van der Waals surface area contributed by atoms with Gasteiger partial charge in [-0.25, -0.2) is 0 Å². The number of aryl methyl sites for hydroxylation is 2. The highest BCUT2D eigenvalue weighted by molar-refractivity contribution is 7.26. The zero-order valence-corrected chi connectivity index (χ0v) is 39.6. The van der Waals surface area contributed by atoms with Crippen molar-refractivity contribution in [2.45, 2.75) is 66.2 Å². The van der Waals surface area contributed by atoms with E-state index >= 15 is 0 Å². The fourth-order valence-corrected chi connectivity index (χ4v) is 12.4. The molecule has 0 unspecified atom stereocenters. The Morgan fingerprint density at radius 1 is 0.515 bits per heavy atom. The highest BCUT2D eigenvalue weighted by atomic mass is 32.1. The summed E-state index contributed by atoms with van der Waals surface area (Å²) in [6.45, 7) is 18.6. The number of benzene rings is 8. The Morgan fingerprint density at radius 2 is 1.15 bits per heavy atom. The Balaban J connectivity index is 1.21. The molecule has 2 aliphatic heterocycles. The van der Waals surface area contributed by atoms with Gasteiger partial charge in [-0.3, -0.25) is 0 Å². The maximum atomic E-state index is 6.68. The number of furan rings is 1. The molecule has 320 valence electrons. The lowest BCUT2D eigenvalue weighted by molar-refractivity contribution is 0.590. The van der Waals surface area contributed by atoms with Gasteiger partial charge in [0.1, 0.15) is 11.2 Å². The fourth-order valence-electron chi connectivity index (χ4n) is 11.2. The van der Waals surface area contributed by atoms with Crippen LogP contribution in [0.5, 0.6) is 0 Å². The summed E-state index contributed by atoms with van der Waals surface area (Å²) in [4.78, 5) is 5.07. The van der Waals surface area contributed by atoms with E-state index in [1.54, 1.807) is 0 Å². The Labute approximate surface area is 390 Å². The monoisotopic (exact) mass is 871 g/mol. The first-order valence-corrected chi connectivity index (χ1v) is 24.1. The van der Waals surface area contributed by atoms with Crippen molar-refractivity contribution in [3.63, 3.8) is 0 Å². The summed E-state index contributed by atoms with van der Waals surface area (Å²) in [5, 5.41) is 4.89. The van der Waals surface area contributed by atoms with Crippen LogP contribution in [0.4, 0.5) is 34.1 Å². The van der Waals surface area contributed by atoms with Crippen molar-refractivity contribution in [1.82, 2.24) is 4.57 Å². The third kappa shape index (κ3) is 5.51. The standard InChI is InChI=1S/C60H50BN3OS/c1-35-18-9-13-22-45(35)62(46-23-14-10-19-36(46)2)39-28-29-43-48(34-39)63(47-24-17-26-52-54(47)40-20-11-15-25-51(40)65-52)49-32-38(60(6,7)8)33-50-55(49)61(43)44-31-37(59(3,4)5)30-42-56(44)64(50)57-41-21-12-16-27-53(41)66-58(42)57/h9-34H,1-8H3. The Bertz CT molecular complexity index is 3810. The molecule has 11 aromatic rings. The number of fused-ring (bicyclic) bond motifs is 12. The summed E-state index contributed by atoms with van der Waals surface area (Å²) in [5.41, 5.74) is 21.5. The molecule has 4 nitrogen and oxygen atoms in total. The Kier molecular flexibility index (Phi) is 8.20. The number of para-hydroxylation sites is 3. The van der Waals surface area contributed by atoms with Crippen LogP contribution >= 0.6 is 11.3 Å². The molecule has 6 heteroatoms. The fraction of sp³-hybridized carbons (Fsp3) is 0.167. The molecule has 0 aliphatic carbocycles. The predicted octanol–water partition coefficient (Wildman–Crippen LogP) is 15.2. The molecule has 0 saturated heterocycles. The number of hydrogen-bond donors (Lipinski definition) is 0. The molecule has 0 saturated carbocycles. The maximum absolute atomic E-state index is 6.68. The van der Waals surface area contributed by atoms with E-state index in [9.17, 15) is 0 Å². The Morgan fingerprint density at radius 3 is 1.88 bits per heavy atom. The molecule has 0 radical (unpaired) electrons. The second kappa shape index (κ2) is 13.8. The van der Waals surface area contributed by atoms with Crippen LogP contribution in [0, 0.1) is 13.8 Å². The summed E-state index contributed by atoms with van der Waals surface area (Å²) in [5.74, 6) is 0. The second-order valence-electron chi connectivity index (χ2n) is 20.7. The first-order valence-electron chi connectivity index (χ1n) is 23.3. The van der Waals surface area contributed by atoms with Gasteiger partial charge in [0.15, 0.2) is 0 Å². The normalized spacial score (nSPS) is 13.4. The van der Waals surface area contributed by atoms with Gasteiger partial charge in [0.25, 0.3) is 6.71 Å². The van der Waals surface area contributed by atoms with E-state index in [1.807, 2.05) is 11.3 Å². The molecule has 8 aromatic carbocycles. The summed E-state index contributed by atoms with van der Waals surface area (Å²) in [6.07, 6.45) is 0. The van der Waals surface area contributed by atoms with Gasteiger partial charge in [-0.15, -0.1) is 11.3 Å². The van der Waals surface area contributed by atoms with Crippen LogP contribution < -0.4 is 26.2 Å². The summed E-state index contributed by atoms with van der Waals surface area (Å²) < 4.78 is 12.0. The van der Waals surface area contributed by atoms with Gasteiger partial charge in [0, 0.05) is 55.0 Å². The molecule has 0 N–H and O–H groups in total. The van der Waals surface area contributed by atoms with Gasteiger partial charge in [-0.1, -0.05) is 133 Å². The van der Waals surface area contributed by atoms with Gasteiger partial charge in [-0.05, 0) is 130 Å². The lowest BCUT2D eigenvalue weighted by atomic mass is 9.33. The average molecular weight is 872 g/mol. The largest absolute Gasteiger partial charge is 0.456 e. The molecule has 13 rings (SSSR count). The molecule has 3 aromatic heterocycles. The van der Waals surface area contributed by atoms with Gasteiger partial charge < -0.3 is 18.8 Å². The minimum absolute atomic E-state index is 0.0254. The molecule has 66 heavy (non-hydrogen) atoms. The minimum Gasteiger partial charge on any atom is -0.456 e. The topological polar surface area (TPSA) is 24.6 Å². The van der Waals surface area contributed by atoms with E-state index in [0.29, 0.717) is 0 Å². The van der Waals surface area contributed by atoms with Crippen LogP contribution in [0.2, 0.25) is 0 Å². The molecular formula is C60H50BN3OS. The molecule has 0 amide bonds. The smallest absolute Gasteiger partial charge is 0.252 e. The predicted molar refractivity (Wildman–Crippen MR) is 284 cm³/mol.